The number of ether oxygens (including phenoxy) is 1. The normalized spacial score (nSPS) is 32.2. The predicted octanol–water partition coefficient (Wildman–Crippen LogP) is 2.38. The third-order valence-corrected chi connectivity index (χ3v) is 8.05. The summed E-state index contributed by atoms with van der Waals surface area (Å²) in [5.74, 6) is -3.99. The average molecular weight is 542 g/mol. The van der Waals surface area contributed by atoms with Crippen molar-refractivity contribution in [1.29, 1.82) is 0 Å². The largest absolute Gasteiger partial charge is 0.481 e. The third-order valence-electron chi connectivity index (χ3n) is 6.90. The fourth-order valence-electron chi connectivity index (χ4n) is 5.71. The first kappa shape index (κ1) is 24.2. The molecular formula is C23H26BrClN2O6. The van der Waals surface area contributed by atoms with Crippen molar-refractivity contribution in [3.63, 3.8) is 0 Å². The number of aliphatic carboxylic acids is 1. The molecule has 3 saturated heterocycles. The number of rotatable bonds is 8. The van der Waals surface area contributed by atoms with E-state index >= 15 is 0 Å². The van der Waals surface area contributed by atoms with E-state index in [1.807, 2.05) is 13.0 Å². The molecule has 1 aromatic rings. The molecule has 1 aromatic carbocycles. The Labute approximate surface area is 205 Å². The van der Waals surface area contributed by atoms with E-state index in [9.17, 15) is 24.6 Å². The van der Waals surface area contributed by atoms with Crippen molar-refractivity contribution in [1.82, 2.24) is 4.90 Å². The van der Waals surface area contributed by atoms with Gasteiger partial charge < -0.3 is 24.7 Å². The summed E-state index contributed by atoms with van der Waals surface area (Å²) in [5.41, 5.74) is 0.00713. The quantitative estimate of drug-likeness (QED) is 0.387. The van der Waals surface area contributed by atoms with E-state index in [4.69, 9.17) is 16.3 Å². The van der Waals surface area contributed by atoms with Gasteiger partial charge in [-0.1, -0.05) is 45.7 Å². The topological polar surface area (TPSA) is 107 Å². The SMILES string of the molecule is C=CCN(C(=O)C1N(CCCO)C(=O)[C@@H]2[C@@H](C(=O)O)[C@@H]3OC12CC3Br)c1c(C)cccc1Cl. The number of halogens is 2. The summed E-state index contributed by atoms with van der Waals surface area (Å²) >= 11 is 10.00. The number of likely N-dealkylation sites (tertiary alicyclic amines) is 1. The summed E-state index contributed by atoms with van der Waals surface area (Å²) in [5, 5.41) is 19.7. The fourth-order valence-corrected chi connectivity index (χ4v) is 6.97. The van der Waals surface area contributed by atoms with E-state index < -0.39 is 47.4 Å². The number of nitrogens with zero attached hydrogens (tertiary/aromatic N) is 2. The number of anilines is 1. The maximum Gasteiger partial charge on any atom is 0.310 e. The van der Waals surface area contributed by atoms with Crippen molar-refractivity contribution in [2.24, 2.45) is 11.8 Å². The van der Waals surface area contributed by atoms with Gasteiger partial charge in [0.05, 0.1) is 28.6 Å². The van der Waals surface area contributed by atoms with Crippen LogP contribution in [0.25, 0.3) is 0 Å². The van der Waals surface area contributed by atoms with Crippen LogP contribution in [0, 0.1) is 18.8 Å². The molecule has 10 heteroatoms. The lowest BCUT2D eigenvalue weighted by Crippen LogP contribution is -2.57. The average Bonchev–Trinajstić information content (AvgIpc) is 3.34. The van der Waals surface area contributed by atoms with Crippen LogP contribution in [0.4, 0.5) is 5.69 Å². The number of para-hydroxylation sites is 1. The number of aryl methyl sites for hydroxylation is 1. The number of carboxylic acid groups (broad SMARTS) is 1. The maximum absolute atomic E-state index is 14.2. The number of carbonyl (C=O) groups is 3. The molecule has 33 heavy (non-hydrogen) atoms. The van der Waals surface area contributed by atoms with Crippen molar-refractivity contribution < 1.29 is 29.3 Å². The molecular weight excluding hydrogens is 516 g/mol. The molecule has 3 aliphatic rings. The van der Waals surface area contributed by atoms with E-state index in [0.29, 0.717) is 17.1 Å². The molecule has 6 atom stereocenters. The molecule has 0 aliphatic carbocycles. The van der Waals surface area contributed by atoms with Crippen LogP contribution >= 0.6 is 27.5 Å². The van der Waals surface area contributed by atoms with E-state index in [0.717, 1.165) is 5.56 Å². The lowest BCUT2D eigenvalue weighted by atomic mass is 9.70. The van der Waals surface area contributed by atoms with Crippen molar-refractivity contribution in [2.75, 3.05) is 24.6 Å². The molecule has 0 saturated carbocycles. The van der Waals surface area contributed by atoms with Gasteiger partial charge in [0.25, 0.3) is 5.91 Å². The zero-order valence-electron chi connectivity index (χ0n) is 18.1. The van der Waals surface area contributed by atoms with Gasteiger partial charge in [0.1, 0.15) is 11.6 Å². The monoisotopic (exact) mass is 540 g/mol. The Bertz CT molecular complexity index is 985. The number of carboxylic acids is 1. The number of amides is 2. The lowest BCUT2D eigenvalue weighted by molar-refractivity contribution is -0.149. The molecule has 3 fully saturated rings. The van der Waals surface area contributed by atoms with Crippen LogP contribution in [0.1, 0.15) is 18.4 Å². The summed E-state index contributed by atoms with van der Waals surface area (Å²) in [6.07, 6.45) is 1.45. The molecule has 4 rings (SSSR count). The highest BCUT2D eigenvalue weighted by atomic mass is 79.9. The standard InChI is InChI=1S/C23H26BrClN2O6/c1-3-8-26(17-12(2)6-4-7-14(17)25)21(30)19-23-11-13(24)18(33-23)15(22(31)32)16(23)20(29)27(19)9-5-10-28/h3-4,6-7,13,15-16,18-19,28H,1,5,8-11H2,2H3,(H,31,32)/t13?,15-,16+,18-,19?,23?/m1/s1. The van der Waals surface area contributed by atoms with Crippen molar-refractivity contribution in [2.45, 2.75) is 42.3 Å². The minimum atomic E-state index is -1.28. The Morgan fingerprint density at radius 2 is 2.18 bits per heavy atom. The molecule has 2 amide bonds. The minimum Gasteiger partial charge on any atom is -0.481 e. The molecule has 0 aromatic heterocycles. The second-order valence-electron chi connectivity index (χ2n) is 8.75. The van der Waals surface area contributed by atoms with Gasteiger partial charge in [-0.25, -0.2) is 0 Å². The summed E-state index contributed by atoms with van der Waals surface area (Å²) in [7, 11) is 0. The van der Waals surface area contributed by atoms with Crippen LogP contribution < -0.4 is 4.90 Å². The lowest BCUT2D eigenvalue weighted by Gasteiger charge is -2.37. The first-order valence-electron chi connectivity index (χ1n) is 10.8. The van der Waals surface area contributed by atoms with Gasteiger partial charge in [-0.05, 0) is 31.4 Å². The number of alkyl halides is 1. The van der Waals surface area contributed by atoms with Gasteiger partial charge in [-0.3, -0.25) is 14.4 Å². The number of hydrogen-bond donors (Lipinski definition) is 2. The van der Waals surface area contributed by atoms with Crippen LogP contribution in [0.2, 0.25) is 5.02 Å². The van der Waals surface area contributed by atoms with Gasteiger partial charge in [0, 0.05) is 24.5 Å². The van der Waals surface area contributed by atoms with E-state index in [1.165, 1.54) is 9.80 Å². The molecule has 3 heterocycles. The first-order valence-corrected chi connectivity index (χ1v) is 12.1. The van der Waals surface area contributed by atoms with E-state index in [2.05, 4.69) is 22.5 Å². The van der Waals surface area contributed by atoms with Gasteiger partial charge in [0.15, 0.2) is 0 Å². The van der Waals surface area contributed by atoms with Crippen LogP contribution in [-0.2, 0) is 19.1 Å². The highest BCUT2D eigenvalue weighted by Crippen LogP contribution is 2.60. The molecule has 3 aliphatic heterocycles. The van der Waals surface area contributed by atoms with Crippen molar-refractivity contribution >= 4 is 51.0 Å². The maximum atomic E-state index is 14.2. The minimum absolute atomic E-state index is 0.112. The highest BCUT2D eigenvalue weighted by molar-refractivity contribution is 9.09. The second-order valence-corrected chi connectivity index (χ2v) is 10.3. The Morgan fingerprint density at radius 3 is 2.79 bits per heavy atom. The third kappa shape index (κ3) is 3.60. The number of hydrogen-bond acceptors (Lipinski definition) is 5. The summed E-state index contributed by atoms with van der Waals surface area (Å²) in [6.45, 7) is 5.69. The van der Waals surface area contributed by atoms with E-state index in [1.54, 1.807) is 18.2 Å². The molecule has 178 valence electrons. The van der Waals surface area contributed by atoms with Gasteiger partial charge in [-0.15, -0.1) is 6.58 Å². The smallest absolute Gasteiger partial charge is 0.310 e. The van der Waals surface area contributed by atoms with Gasteiger partial charge in [0.2, 0.25) is 5.91 Å². The Hall–Kier alpha value is -1.94. The molecule has 8 nitrogen and oxygen atoms in total. The van der Waals surface area contributed by atoms with E-state index in [-0.39, 0.29) is 30.9 Å². The molecule has 0 radical (unpaired) electrons. The van der Waals surface area contributed by atoms with Crippen LogP contribution in [0.15, 0.2) is 30.9 Å². The van der Waals surface area contributed by atoms with Gasteiger partial charge >= 0.3 is 5.97 Å². The number of aliphatic hydroxyl groups excluding tert-OH is 1. The van der Waals surface area contributed by atoms with Gasteiger partial charge in [-0.2, -0.15) is 0 Å². The molecule has 1 spiro atoms. The molecule has 3 unspecified atom stereocenters. The summed E-state index contributed by atoms with van der Waals surface area (Å²) < 4.78 is 6.25. The predicted molar refractivity (Wildman–Crippen MR) is 125 cm³/mol. The van der Waals surface area contributed by atoms with Crippen LogP contribution in [0.3, 0.4) is 0 Å². The zero-order valence-corrected chi connectivity index (χ0v) is 20.5. The Morgan fingerprint density at radius 1 is 1.45 bits per heavy atom. The Balaban J connectivity index is 1.83. The fraction of sp³-hybridized carbons (Fsp3) is 0.522. The molecule has 2 bridgehead atoms. The second kappa shape index (κ2) is 9.02. The van der Waals surface area contributed by atoms with Crippen LogP contribution in [-0.4, -0.2) is 75.2 Å². The Kier molecular flexibility index (Phi) is 6.61. The number of carbonyl (C=O) groups excluding carboxylic acids is 2. The van der Waals surface area contributed by atoms with Crippen LogP contribution in [0.5, 0.6) is 0 Å². The first-order chi connectivity index (χ1) is 15.7. The number of aliphatic hydroxyl groups is 1. The number of benzene rings is 1. The molecule has 2 N–H and O–H groups in total. The zero-order chi connectivity index (χ0) is 24.1. The van der Waals surface area contributed by atoms with Crippen molar-refractivity contribution in [3.8, 4) is 0 Å². The highest BCUT2D eigenvalue weighted by Gasteiger charge is 2.76. The summed E-state index contributed by atoms with van der Waals surface area (Å²) in [4.78, 5) is 42.4. The summed E-state index contributed by atoms with van der Waals surface area (Å²) in [6, 6.07) is 4.26. The number of fused-ring (bicyclic) bond motifs is 1. The van der Waals surface area contributed by atoms with Crippen molar-refractivity contribution in [3.05, 3.63) is 41.4 Å².